The van der Waals surface area contributed by atoms with Crippen molar-refractivity contribution in [3.05, 3.63) is 41.2 Å². The first-order valence-electron chi connectivity index (χ1n) is 7.98. The molecule has 9 heteroatoms. The minimum atomic E-state index is -0.777. The van der Waals surface area contributed by atoms with Gasteiger partial charge in [0.1, 0.15) is 5.82 Å². The van der Waals surface area contributed by atoms with E-state index in [1.54, 1.807) is 12.4 Å². The van der Waals surface area contributed by atoms with Gasteiger partial charge in [-0.05, 0) is 38.1 Å². The highest BCUT2D eigenvalue weighted by Crippen LogP contribution is 2.27. The van der Waals surface area contributed by atoms with Gasteiger partial charge in [0.05, 0.1) is 21.3 Å². The number of carbonyl (C=O) groups is 1. The third kappa shape index (κ3) is 3.73. The molecule has 3 rings (SSSR count). The predicted octanol–water partition coefficient (Wildman–Crippen LogP) is 2.82. The SMILES string of the molecule is C[C@H](N)[C@@H](C)Nc1nc(Nc2ccc3scnc3c2)c(C(N)=O)cc1F. The van der Waals surface area contributed by atoms with E-state index in [-0.39, 0.29) is 29.3 Å². The van der Waals surface area contributed by atoms with Crippen LogP contribution in [-0.2, 0) is 0 Å². The number of carbonyl (C=O) groups excluding carboxylic acids is 1. The van der Waals surface area contributed by atoms with E-state index in [1.165, 1.54) is 11.3 Å². The molecule has 26 heavy (non-hydrogen) atoms. The molecule has 0 aliphatic heterocycles. The van der Waals surface area contributed by atoms with Crippen molar-refractivity contribution in [1.29, 1.82) is 0 Å². The summed E-state index contributed by atoms with van der Waals surface area (Å²) < 4.78 is 15.3. The number of pyridine rings is 1. The standard InChI is InChI=1S/C17H19FN6OS/c1-8(19)9(2)22-17-12(18)6-11(15(20)25)16(24-17)23-10-3-4-14-13(5-10)21-7-26-14/h3-9H,19H2,1-2H3,(H2,20,25)(H2,22,23,24)/t8-,9+/m0/s1. The fraction of sp³-hybridized carbons (Fsp3) is 0.235. The normalized spacial score (nSPS) is 13.4. The Bertz CT molecular complexity index is 958. The Labute approximate surface area is 153 Å². The Hall–Kier alpha value is -2.78. The number of primary amides is 1. The molecule has 0 aliphatic carbocycles. The summed E-state index contributed by atoms with van der Waals surface area (Å²) in [6, 6.07) is 6.19. The lowest BCUT2D eigenvalue weighted by Gasteiger charge is -2.20. The molecule has 7 nitrogen and oxygen atoms in total. The molecule has 6 N–H and O–H groups in total. The van der Waals surface area contributed by atoms with Gasteiger partial charge in [-0.25, -0.2) is 14.4 Å². The fourth-order valence-electron chi connectivity index (χ4n) is 2.29. The van der Waals surface area contributed by atoms with Crippen molar-refractivity contribution in [1.82, 2.24) is 9.97 Å². The average Bonchev–Trinajstić information content (AvgIpc) is 3.04. The van der Waals surface area contributed by atoms with Crippen LogP contribution in [0, 0.1) is 5.82 Å². The summed E-state index contributed by atoms with van der Waals surface area (Å²) in [4.78, 5) is 20.2. The van der Waals surface area contributed by atoms with E-state index in [0.717, 1.165) is 16.3 Å². The van der Waals surface area contributed by atoms with Crippen molar-refractivity contribution >= 4 is 44.8 Å². The van der Waals surface area contributed by atoms with Crippen LogP contribution in [0.4, 0.5) is 21.7 Å². The van der Waals surface area contributed by atoms with Gasteiger partial charge in [-0.2, -0.15) is 0 Å². The Morgan fingerprint density at radius 2 is 2.04 bits per heavy atom. The van der Waals surface area contributed by atoms with E-state index in [2.05, 4.69) is 20.6 Å². The number of nitrogens with zero attached hydrogens (tertiary/aromatic N) is 2. The van der Waals surface area contributed by atoms with Gasteiger partial charge in [-0.1, -0.05) is 0 Å². The second-order valence-corrected chi connectivity index (χ2v) is 6.92. The number of hydrogen-bond donors (Lipinski definition) is 4. The largest absolute Gasteiger partial charge is 0.365 e. The summed E-state index contributed by atoms with van der Waals surface area (Å²) in [7, 11) is 0. The Morgan fingerprint density at radius 3 is 2.73 bits per heavy atom. The zero-order valence-electron chi connectivity index (χ0n) is 14.3. The summed E-state index contributed by atoms with van der Waals surface area (Å²) in [5.41, 5.74) is 14.4. The number of thiazole rings is 1. The van der Waals surface area contributed by atoms with Gasteiger partial charge in [0, 0.05) is 17.8 Å². The van der Waals surface area contributed by atoms with Crippen molar-refractivity contribution in [2.24, 2.45) is 11.5 Å². The molecule has 0 aliphatic rings. The topological polar surface area (TPSA) is 119 Å². The van der Waals surface area contributed by atoms with Crippen LogP contribution in [-0.4, -0.2) is 28.0 Å². The fourth-order valence-corrected chi connectivity index (χ4v) is 2.95. The van der Waals surface area contributed by atoms with Crippen molar-refractivity contribution in [2.45, 2.75) is 25.9 Å². The van der Waals surface area contributed by atoms with Crippen LogP contribution in [0.25, 0.3) is 10.2 Å². The first-order valence-corrected chi connectivity index (χ1v) is 8.86. The highest BCUT2D eigenvalue weighted by molar-refractivity contribution is 7.16. The van der Waals surface area contributed by atoms with Crippen LogP contribution in [0.2, 0.25) is 0 Å². The number of nitrogens with one attached hydrogen (secondary N) is 2. The molecule has 0 bridgehead atoms. The lowest BCUT2D eigenvalue weighted by atomic mass is 10.1. The van der Waals surface area contributed by atoms with E-state index < -0.39 is 11.7 Å². The lowest BCUT2D eigenvalue weighted by molar-refractivity contribution is 0.100. The number of hydrogen-bond acceptors (Lipinski definition) is 7. The summed E-state index contributed by atoms with van der Waals surface area (Å²) in [5.74, 6) is -1.29. The van der Waals surface area contributed by atoms with Gasteiger partial charge < -0.3 is 22.1 Å². The number of benzene rings is 1. The molecule has 0 spiro atoms. The maximum absolute atomic E-state index is 14.3. The van der Waals surface area contributed by atoms with Crippen LogP contribution in [0.1, 0.15) is 24.2 Å². The number of fused-ring (bicyclic) bond motifs is 1. The predicted molar refractivity (Wildman–Crippen MR) is 102 cm³/mol. The van der Waals surface area contributed by atoms with E-state index in [0.29, 0.717) is 5.69 Å². The Balaban J connectivity index is 1.98. The van der Waals surface area contributed by atoms with Gasteiger partial charge in [0.2, 0.25) is 0 Å². The molecule has 2 atom stereocenters. The van der Waals surface area contributed by atoms with Gasteiger partial charge in [-0.3, -0.25) is 4.79 Å². The molecule has 136 valence electrons. The third-order valence-corrected chi connectivity index (χ3v) is 4.80. The molecule has 3 aromatic rings. The molecule has 1 amide bonds. The van der Waals surface area contributed by atoms with Crippen molar-refractivity contribution in [3.63, 3.8) is 0 Å². The molecule has 0 fully saturated rings. The van der Waals surface area contributed by atoms with E-state index in [1.807, 2.05) is 25.1 Å². The van der Waals surface area contributed by atoms with Gasteiger partial charge in [0.25, 0.3) is 5.91 Å². The molecule has 2 aromatic heterocycles. The Kier molecular flexibility index (Phi) is 5.01. The molecule has 0 radical (unpaired) electrons. The van der Waals surface area contributed by atoms with Gasteiger partial charge in [0.15, 0.2) is 11.6 Å². The molecule has 0 unspecified atom stereocenters. The average molecular weight is 374 g/mol. The second-order valence-electron chi connectivity index (χ2n) is 6.03. The summed E-state index contributed by atoms with van der Waals surface area (Å²) >= 11 is 1.52. The zero-order chi connectivity index (χ0) is 18.8. The molecule has 1 aromatic carbocycles. The molecule has 2 heterocycles. The number of anilines is 3. The number of rotatable bonds is 6. The van der Waals surface area contributed by atoms with Crippen molar-refractivity contribution in [2.75, 3.05) is 10.6 Å². The summed E-state index contributed by atoms with van der Waals surface area (Å²) in [6.07, 6.45) is 0. The molecular formula is C17H19FN6OS. The van der Waals surface area contributed by atoms with Gasteiger partial charge >= 0.3 is 0 Å². The molecular weight excluding hydrogens is 355 g/mol. The van der Waals surface area contributed by atoms with Gasteiger partial charge in [-0.15, -0.1) is 11.3 Å². The summed E-state index contributed by atoms with van der Waals surface area (Å²) in [5, 5.41) is 5.93. The highest BCUT2D eigenvalue weighted by Gasteiger charge is 2.18. The van der Waals surface area contributed by atoms with Crippen LogP contribution in [0.5, 0.6) is 0 Å². The van der Waals surface area contributed by atoms with Crippen LogP contribution in [0.3, 0.4) is 0 Å². The zero-order valence-corrected chi connectivity index (χ0v) is 15.1. The smallest absolute Gasteiger partial charge is 0.252 e. The van der Waals surface area contributed by atoms with Crippen molar-refractivity contribution in [3.8, 4) is 0 Å². The van der Waals surface area contributed by atoms with E-state index in [9.17, 15) is 9.18 Å². The van der Waals surface area contributed by atoms with Crippen LogP contribution in [0.15, 0.2) is 29.8 Å². The number of halogens is 1. The number of aromatic nitrogens is 2. The maximum atomic E-state index is 14.3. The minimum Gasteiger partial charge on any atom is -0.365 e. The maximum Gasteiger partial charge on any atom is 0.252 e. The minimum absolute atomic E-state index is 0.00274. The first-order chi connectivity index (χ1) is 12.3. The second kappa shape index (κ2) is 7.22. The summed E-state index contributed by atoms with van der Waals surface area (Å²) in [6.45, 7) is 3.62. The molecule has 0 saturated carbocycles. The monoisotopic (exact) mass is 374 g/mol. The lowest BCUT2D eigenvalue weighted by Crippen LogP contribution is -2.35. The Morgan fingerprint density at radius 1 is 1.27 bits per heavy atom. The quantitative estimate of drug-likeness (QED) is 0.527. The van der Waals surface area contributed by atoms with Crippen LogP contribution < -0.4 is 22.1 Å². The van der Waals surface area contributed by atoms with Crippen molar-refractivity contribution < 1.29 is 9.18 Å². The number of amides is 1. The van der Waals surface area contributed by atoms with Crippen LogP contribution >= 0.6 is 11.3 Å². The highest BCUT2D eigenvalue weighted by atomic mass is 32.1. The third-order valence-electron chi connectivity index (χ3n) is 3.99. The van der Waals surface area contributed by atoms with E-state index in [4.69, 9.17) is 11.5 Å². The number of nitrogens with two attached hydrogens (primary N) is 2. The van der Waals surface area contributed by atoms with E-state index >= 15 is 0 Å². The first kappa shape index (κ1) is 18.0. The molecule has 0 saturated heterocycles.